The Kier molecular flexibility index (Phi) is 5.22. The molecule has 0 heterocycles. The standard InChI is InChI=1S/C12H23NO3/c1-8(6-9(2)14)13-11-5-3-4-10(7-11)12(15)16/h8-11,13-14H,3-7H2,1-2H3,(H,15,16). The van der Waals surface area contributed by atoms with E-state index in [1.807, 2.05) is 6.92 Å². The van der Waals surface area contributed by atoms with E-state index in [1.54, 1.807) is 6.92 Å². The number of aliphatic carboxylic acids is 1. The van der Waals surface area contributed by atoms with Crippen LogP contribution in [0.25, 0.3) is 0 Å². The molecule has 0 amide bonds. The highest BCUT2D eigenvalue weighted by atomic mass is 16.4. The van der Waals surface area contributed by atoms with Crippen molar-refractivity contribution in [3.05, 3.63) is 0 Å². The van der Waals surface area contributed by atoms with Gasteiger partial charge in [-0.1, -0.05) is 6.42 Å². The first kappa shape index (κ1) is 13.5. The first-order chi connectivity index (χ1) is 7.49. The zero-order valence-corrected chi connectivity index (χ0v) is 10.1. The van der Waals surface area contributed by atoms with Gasteiger partial charge in [0, 0.05) is 12.1 Å². The Bertz CT molecular complexity index is 230. The van der Waals surface area contributed by atoms with Gasteiger partial charge in [0.2, 0.25) is 0 Å². The molecule has 0 radical (unpaired) electrons. The van der Waals surface area contributed by atoms with Crippen LogP contribution in [0.15, 0.2) is 0 Å². The van der Waals surface area contributed by atoms with Crippen LogP contribution in [0.3, 0.4) is 0 Å². The van der Waals surface area contributed by atoms with E-state index in [0.29, 0.717) is 12.5 Å². The van der Waals surface area contributed by atoms with Gasteiger partial charge in [0.05, 0.1) is 12.0 Å². The summed E-state index contributed by atoms with van der Waals surface area (Å²) >= 11 is 0. The van der Waals surface area contributed by atoms with Gasteiger partial charge in [0.15, 0.2) is 0 Å². The van der Waals surface area contributed by atoms with Crippen LogP contribution >= 0.6 is 0 Å². The Morgan fingerprint density at radius 3 is 2.69 bits per heavy atom. The minimum Gasteiger partial charge on any atom is -0.481 e. The van der Waals surface area contributed by atoms with Crippen molar-refractivity contribution in [1.82, 2.24) is 5.32 Å². The molecule has 1 fully saturated rings. The highest BCUT2D eigenvalue weighted by Gasteiger charge is 2.27. The molecule has 0 bridgehead atoms. The number of nitrogens with one attached hydrogen (secondary N) is 1. The van der Waals surface area contributed by atoms with Crippen molar-refractivity contribution in [2.75, 3.05) is 0 Å². The molecule has 4 unspecified atom stereocenters. The van der Waals surface area contributed by atoms with Crippen molar-refractivity contribution in [3.8, 4) is 0 Å². The third-order valence-corrected chi connectivity index (χ3v) is 3.24. The first-order valence-electron chi connectivity index (χ1n) is 6.16. The van der Waals surface area contributed by atoms with Gasteiger partial charge < -0.3 is 15.5 Å². The van der Waals surface area contributed by atoms with Gasteiger partial charge in [-0.3, -0.25) is 4.79 Å². The van der Waals surface area contributed by atoms with Gasteiger partial charge in [0.1, 0.15) is 0 Å². The topological polar surface area (TPSA) is 69.6 Å². The van der Waals surface area contributed by atoms with Crippen molar-refractivity contribution in [2.24, 2.45) is 5.92 Å². The Hall–Kier alpha value is -0.610. The highest BCUT2D eigenvalue weighted by Crippen LogP contribution is 2.24. The van der Waals surface area contributed by atoms with E-state index in [1.165, 1.54) is 0 Å². The molecule has 1 aliphatic rings. The fraction of sp³-hybridized carbons (Fsp3) is 0.917. The van der Waals surface area contributed by atoms with Crippen molar-refractivity contribution in [1.29, 1.82) is 0 Å². The Balaban J connectivity index is 2.34. The molecule has 16 heavy (non-hydrogen) atoms. The van der Waals surface area contributed by atoms with Crippen molar-refractivity contribution in [3.63, 3.8) is 0 Å². The number of aliphatic hydroxyl groups is 1. The Morgan fingerprint density at radius 1 is 1.44 bits per heavy atom. The van der Waals surface area contributed by atoms with E-state index in [2.05, 4.69) is 5.32 Å². The summed E-state index contributed by atoms with van der Waals surface area (Å²) in [6.45, 7) is 3.82. The maximum absolute atomic E-state index is 10.9. The van der Waals surface area contributed by atoms with Crippen molar-refractivity contribution in [2.45, 2.75) is 64.1 Å². The van der Waals surface area contributed by atoms with Crippen LogP contribution in [0.4, 0.5) is 0 Å². The Labute approximate surface area is 97.0 Å². The van der Waals surface area contributed by atoms with Crippen LogP contribution in [-0.2, 0) is 4.79 Å². The number of hydrogen-bond donors (Lipinski definition) is 3. The van der Waals surface area contributed by atoms with Gasteiger partial charge in [-0.15, -0.1) is 0 Å². The second-order valence-corrected chi connectivity index (χ2v) is 5.05. The minimum atomic E-state index is -0.672. The maximum Gasteiger partial charge on any atom is 0.306 e. The maximum atomic E-state index is 10.9. The predicted molar refractivity (Wildman–Crippen MR) is 62.3 cm³/mol. The smallest absolute Gasteiger partial charge is 0.306 e. The van der Waals surface area contributed by atoms with Crippen LogP contribution in [0.2, 0.25) is 0 Å². The molecule has 4 nitrogen and oxygen atoms in total. The quantitative estimate of drug-likeness (QED) is 0.666. The number of carbonyl (C=O) groups is 1. The van der Waals surface area contributed by atoms with Crippen LogP contribution in [0, 0.1) is 5.92 Å². The summed E-state index contributed by atoms with van der Waals surface area (Å²) in [5.74, 6) is -0.861. The number of carboxylic acids is 1. The van der Waals surface area contributed by atoms with Gasteiger partial charge in [-0.2, -0.15) is 0 Å². The summed E-state index contributed by atoms with van der Waals surface area (Å²) < 4.78 is 0. The average molecular weight is 229 g/mol. The molecule has 0 aromatic rings. The van der Waals surface area contributed by atoms with Gasteiger partial charge >= 0.3 is 5.97 Å². The Morgan fingerprint density at radius 2 is 2.12 bits per heavy atom. The molecule has 94 valence electrons. The third-order valence-electron chi connectivity index (χ3n) is 3.24. The first-order valence-corrected chi connectivity index (χ1v) is 6.16. The molecule has 1 rings (SSSR count). The second-order valence-electron chi connectivity index (χ2n) is 5.05. The zero-order chi connectivity index (χ0) is 12.1. The molecule has 4 atom stereocenters. The second kappa shape index (κ2) is 6.21. The molecule has 3 N–H and O–H groups in total. The summed E-state index contributed by atoms with van der Waals surface area (Å²) in [5, 5.41) is 21.6. The fourth-order valence-corrected chi connectivity index (χ4v) is 2.55. The lowest BCUT2D eigenvalue weighted by Crippen LogP contribution is -2.42. The van der Waals surface area contributed by atoms with E-state index in [4.69, 9.17) is 5.11 Å². The lowest BCUT2D eigenvalue weighted by atomic mass is 9.85. The number of aliphatic hydroxyl groups excluding tert-OH is 1. The zero-order valence-electron chi connectivity index (χ0n) is 10.1. The largest absolute Gasteiger partial charge is 0.481 e. The molecule has 1 saturated carbocycles. The summed E-state index contributed by atoms with van der Waals surface area (Å²) in [5.41, 5.74) is 0. The number of carboxylic acid groups (broad SMARTS) is 1. The summed E-state index contributed by atoms with van der Waals surface area (Å²) in [6, 6.07) is 0.543. The predicted octanol–water partition coefficient (Wildman–Crippen LogP) is 1.38. The molecule has 0 aromatic carbocycles. The molecule has 1 aliphatic carbocycles. The third kappa shape index (κ3) is 4.49. The van der Waals surface area contributed by atoms with E-state index in [9.17, 15) is 9.90 Å². The molecule has 0 aromatic heterocycles. The number of hydrogen-bond acceptors (Lipinski definition) is 3. The molecule has 0 spiro atoms. The van der Waals surface area contributed by atoms with E-state index in [-0.39, 0.29) is 18.1 Å². The fourth-order valence-electron chi connectivity index (χ4n) is 2.55. The molecule has 0 aliphatic heterocycles. The molecular weight excluding hydrogens is 206 g/mol. The number of rotatable bonds is 5. The SMILES string of the molecule is CC(O)CC(C)NC1CCCC(C(=O)O)C1. The van der Waals surface area contributed by atoms with E-state index >= 15 is 0 Å². The molecule has 0 saturated heterocycles. The van der Waals surface area contributed by atoms with Crippen LogP contribution in [0.5, 0.6) is 0 Å². The van der Waals surface area contributed by atoms with Crippen LogP contribution in [0.1, 0.15) is 46.0 Å². The lowest BCUT2D eigenvalue weighted by molar-refractivity contribution is -0.143. The molecular formula is C12H23NO3. The summed E-state index contributed by atoms with van der Waals surface area (Å²) in [4.78, 5) is 10.9. The van der Waals surface area contributed by atoms with Crippen molar-refractivity contribution < 1.29 is 15.0 Å². The minimum absolute atomic E-state index is 0.190. The van der Waals surface area contributed by atoms with Crippen molar-refractivity contribution >= 4 is 5.97 Å². The summed E-state index contributed by atoms with van der Waals surface area (Å²) in [6.07, 6.45) is 3.97. The van der Waals surface area contributed by atoms with Gasteiger partial charge in [-0.25, -0.2) is 0 Å². The van der Waals surface area contributed by atoms with E-state index < -0.39 is 5.97 Å². The summed E-state index contributed by atoms with van der Waals surface area (Å²) in [7, 11) is 0. The lowest BCUT2D eigenvalue weighted by Gasteiger charge is -2.30. The van der Waals surface area contributed by atoms with Crippen LogP contribution in [-0.4, -0.2) is 34.4 Å². The van der Waals surface area contributed by atoms with E-state index in [0.717, 1.165) is 25.7 Å². The van der Waals surface area contributed by atoms with Gasteiger partial charge in [-0.05, 0) is 39.5 Å². The monoisotopic (exact) mass is 229 g/mol. The molecule has 4 heteroatoms. The highest BCUT2D eigenvalue weighted by molar-refractivity contribution is 5.70. The average Bonchev–Trinajstić information content (AvgIpc) is 2.16. The van der Waals surface area contributed by atoms with Crippen LogP contribution < -0.4 is 5.32 Å². The normalized spacial score (nSPS) is 29.7. The van der Waals surface area contributed by atoms with Gasteiger partial charge in [0.25, 0.3) is 0 Å².